The van der Waals surface area contributed by atoms with Crippen molar-refractivity contribution in [3.05, 3.63) is 35.1 Å². The molecule has 2 aromatic heterocycles. The van der Waals surface area contributed by atoms with Crippen LogP contribution < -0.4 is 5.32 Å². The van der Waals surface area contributed by atoms with Crippen LogP contribution in [0.3, 0.4) is 0 Å². The first kappa shape index (κ1) is 14.0. The van der Waals surface area contributed by atoms with Gasteiger partial charge in [-0.2, -0.15) is 13.8 Å². The molecule has 108 valence electrons. The number of nitrogens with zero attached hydrogens (tertiary/aromatic N) is 4. The number of fused-ring (bicyclic) bond motifs is 1. The molecule has 6 nitrogen and oxygen atoms in total. The van der Waals surface area contributed by atoms with E-state index in [1.807, 2.05) is 13.1 Å². The van der Waals surface area contributed by atoms with Crippen LogP contribution in [0.25, 0.3) is 11.0 Å². The molecule has 0 spiro atoms. The van der Waals surface area contributed by atoms with Crippen molar-refractivity contribution >= 4 is 46.0 Å². The van der Waals surface area contributed by atoms with Crippen molar-refractivity contribution in [1.29, 1.82) is 0 Å². The predicted octanol–water partition coefficient (Wildman–Crippen LogP) is 2.88. The van der Waals surface area contributed by atoms with Crippen molar-refractivity contribution in [2.75, 3.05) is 5.32 Å². The lowest BCUT2D eigenvalue weighted by Gasteiger charge is -2.07. The molecule has 3 aromatic rings. The van der Waals surface area contributed by atoms with Crippen LogP contribution in [-0.4, -0.2) is 24.4 Å². The number of halogens is 1. The Hall–Kier alpha value is -1.99. The zero-order valence-corrected chi connectivity index (χ0v) is 12.8. The molecule has 0 radical (unpaired) electrons. The summed E-state index contributed by atoms with van der Waals surface area (Å²) in [5.74, 6) is -0.134. The molecule has 0 aliphatic rings. The van der Waals surface area contributed by atoms with Gasteiger partial charge in [0.25, 0.3) is 0 Å². The Morgan fingerprint density at radius 1 is 1.43 bits per heavy atom. The number of aromatic nitrogens is 4. The molecule has 0 saturated heterocycles. The third-order valence-electron chi connectivity index (χ3n) is 2.97. The normalized spacial score (nSPS) is 11.0. The summed E-state index contributed by atoms with van der Waals surface area (Å²) in [6.45, 7) is 2.47. The minimum atomic E-state index is -0.134. The minimum absolute atomic E-state index is 0.134. The number of amides is 1. The fourth-order valence-corrected chi connectivity index (χ4v) is 2.70. The highest BCUT2D eigenvalue weighted by Gasteiger charge is 2.13. The van der Waals surface area contributed by atoms with Crippen molar-refractivity contribution in [2.24, 2.45) is 0 Å². The van der Waals surface area contributed by atoms with Gasteiger partial charge < -0.3 is 5.32 Å². The van der Waals surface area contributed by atoms with Crippen LogP contribution in [0.1, 0.15) is 12.0 Å². The van der Waals surface area contributed by atoms with E-state index in [1.165, 1.54) is 0 Å². The Bertz CT molecular complexity index is 797. The standard InChI is InChI=1S/C13H12ClN5OS/c1-8-6-15-19(7-8)5-4-11(20)16-12-9(14)2-3-10-13(12)18-21-17-10/h2-3,6-7H,4-5H2,1H3,(H,16,20). The highest BCUT2D eigenvalue weighted by atomic mass is 35.5. The molecule has 0 atom stereocenters. The Morgan fingerprint density at radius 3 is 3.05 bits per heavy atom. The lowest BCUT2D eigenvalue weighted by atomic mass is 10.2. The molecule has 8 heteroatoms. The van der Waals surface area contributed by atoms with E-state index < -0.39 is 0 Å². The fraction of sp³-hybridized carbons (Fsp3) is 0.231. The van der Waals surface area contributed by atoms with Gasteiger partial charge in [0.2, 0.25) is 5.91 Å². The number of hydrogen-bond donors (Lipinski definition) is 1. The molecule has 0 saturated carbocycles. The number of carbonyl (C=O) groups excluding carboxylic acids is 1. The average Bonchev–Trinajstić information content (AvgIpc) is 3.08. The first-order valence-corrected chi connectivity index (χ1v) is 7.44. The maximum atomic E-state index is 12.1. The summed E-state index contributed by atoms with van der Waals surface area (Å²) in [5.41, 5.74) is 2.93. The summed E-state index contributed by atoms with van der Waals surface area (Å²) in [5, 5.41) is 7.41. The molecular formula is C13H12ClN5OS. The zero-order chi connectivity index (χ0) is 14.8. The smallest absolute Gasteiger partial charge is 0.226 e. The van der Waals surface area contributed by atoms with Gasteiger partial charge in [-0.1, -0.05) is 11.6 Å². The van der Waals surface area contributed by atoms with Crippen LogP contribution in [-0.2, 0) is 11.3 Å². The Kier molecular flexibility index (Phi) is 3.85. The maximum absolute atomic E-state index is 12.1. The van der Waals surface area contributed by atoms with Gasteiger partial charge >= 0.3 is 0 Å². The zero-order valence-electron chi connectivity index (χ0n) is 11.2. The highest BCUT2D eigenvalue weighted by molar-refractivity contribution is 7.00. The molecule has 1 N–H and O–H groups in total. The van der Waals surface area contributed by atoms with E-state index in [-0.39, 0.29) is 5.91 Å². The fourth-order valence-electron chi connectivity index (χ4n) is 1.95. The van der Waals surface area contributed by atoms with E-state index in [2.05, 4.69) is 19.2 Å². The third kappa shape index (κ3) is 3.03. The Balaban J connectivity index is 1.71. The highest BCUT2D eigenvalue weighted by Crippen LogP contribution is 2.29. The summed E-state index contributed by atoms with van der Waals surface area (Å²) in [6.07, 6.45) is 3.97. The number of aryl methyl sites for hydroxylation is 2. The predicted molar refractivity (Wildman–Crippen MR) is 82.6 cm³/mol. The maximum Gasteiger partial charge on any atom is 0.226 e. The second-order valence-electron chi connectivity index (χ2n) is 4.63. The van der Waals surface area contributed by atoms with Crippen LogP contribution in [0.15, 0.2) is 24.5 Å². The molecule has 21 heavy (non-hydrogen) atoms. The van der Waals surface area contributed by atoms with E-state index in [0.29, 0.717) is 29.2 Å². The van der Waals surface area contributed by atoms with E-state index in [4.69, 9.17) is 11.6 Å². The first-order valence-electron chi connectivity index (χ1n) is 6.33. The summed E-state index contributed by atoms with van der Waals surface area (Å²) in [6, 6.07) is 3.49. The molecule has 0 fully saturated rings. The molecule has 3 rings (SSSR count). The summed E-state index contributed by atoms with van der Waals surface area (Å²) < 4.78 is 10.0. The van der Waals surface area contributed by atoms with Gasteiger partial charge in [-0.05, 0) is 24.6 Å². The lowest BCUT2D eigenvalue weighted by Crippen LogP contribution is -2.15. The van der Waals surface area contributed by atoms with Gasteiger partial charge in [0, 0.05) is 19.2 Å². The number of hydrogen-bond acceptors (Lipinski definition) is 5. The number of anilines is 1. The number of benzene rings is 1. The van der Waals surface area contributed by atoms with Crippen LogP contribution in [0.5, 0.6) is 0 Å². The second-order valence-corrected chi connectivity index (χ2v) is 5.57. The van der Waals surface area contributed by atoms with Gasteiger partial charge in [-0.25, -0.2) is 0 Å². The summed E-state index contributed by atoms with van der Waals surface area (Å²) in [7, 11) is 0. The van der Waals surface area contributed by atoms with Crippen molar-refractivity contribution in [3.63, 3.8) is 0 Å². The molecule has 0 aliphatic carbocycles. The Labute approximate surface area is 130 Å². The monoisotopic (exact) mass is 321 g/mol. The van der Waals surface area contributed by atoms with E-state index in [1.54, 1.807) is 23.0 Å². The molecular weight excluding hydrogens is 310 g/mol. The van der Waals surface area contributed by atoms with E-state index >= 15 is 0 Å². The summed E-state index contributed by atoms with van der Waals surface area (Å²) in [4.78, 5) is 12.1. The SMILES string of the molecule is Cc1cnn(CCC(=O)Nc2c(Cl)ccc3nsnc23)c1. The van der Waals surface area contributed by atoms with Crippen LogP contribution in [0.4, 0.5) is 5.69 Å². The van der Waals surface area contributed by atoms with Crippen LogP contribution >= 0.6 is 23.3 Å². The Morgan fingerprint density at radius 2 is 2.29 bits per heavy atom. The van der Waals surface area contributed by atoms with Crippen LogP contribution in [0.2, 0.25) is 5.02 Å². The van der Waals surface area contributed by atoms with Gasteiger partial charge in [0.15, 0.2) is 0 Å². The van der Waals surface area contributed by atoms with Gasteiger partial charge in [-0.3, -0.25) is 9.48 Å². The molecule has 2 heterocycles. The van der Waals surface area contributed by atoms with Crippen LogP contribution in [0, 0.1) is 6.92 Å². The van der Waals surface area contributed by atoms with Gasteiger partial charge in [0.1, 0.15) is 11.0 Å². The van der Waals surface area contributed by atoms with Crippen molar-refractivity contribution in [2.45, 2.75) is 19.9 Å². The first-order chi connectivity index (χ1) is 10.1. The van der Waals surface area contributed by atoms with E-state index in [0.717, 1.165) is 22.8 Å². The molecule has 0 unspecified atom stereocenters. The van der Waals surface area contributed by atoms with Gasteiger partial charge in [0.05, 0.1) is 28.6 Å². The summed E-state index contributed by atoms with van der Waals surface area (Å²) >= 11 is 7.22. The minimum Gasteiger partial charge on any atom is -0.323 e. The average molecular weight is 322 g/mol. The van der Waals surface area contributed by atoms with Crippen molar-refractivity contribution in [1.82, 2.24) is 18.5 Å². The largest absolute Gasteiger partial charge is 0.323 e. The molecule has 0 aliphatic heterocycles. The quantitative estimate of drug-likeness (QED) is 0.802. The number of carbonyl (C=O) groups is 1. The van der Waals surface area contributed by atoms with Gasteiger partial charge in [-0.15, -0.1) is 0 Å². The lowest BCUT2D eigenvalue weighted by molar-refractivity contribution is -0.116. The van der Waals surface area contributed by atoms with E-state index in [9.17, 15) is 4.79 Å². The molecule has 0 bridgehead atoms. The molecule has 1 aromatic carbocycles. The van der Waals surface area contributed by atoms with Crippen molar-refractivity contribution in [3.8, 4) is 0 Å². The third-order valence-corrected chi connectivity index (χ3v) is 3.83. The number of rotatable bonds is 4. The second kappa shape index (κ2) is 5.79. The topological polar surface area (TPSA) is 72.7 Å². The number of nitrogens with one attached hydrogen (secondary N) is 1. The molecule has 1 amide bonds. The van der Waals surface area contributed by atoms with Crippen molar-refractivity contribution < 1.29 is 4.79 Å².